The van der Waals surface area contributed by atoms with Gasteiger partial charge in [0.25, 0.3) is 0 Å². The second-order valence-electron chi connectivity index (χ2n) is 12.7. The first-order chi connectivity index (χ1) is 21.0. The maximum atomic E-state index is 16.9. The van der Waals surface area contributed by atoms with Crippen molar-refractivity contribution in [3.05, 3.63) is 91.7 Å². The summed E-state index contributed by atoms with van der Waals surface area (Å²) in [5, 5.41) is 6.54. The number of nitrogens with one attached hydrogen (secondary N) is 2. The zero-order chi connectivity index (χ0) is 29.8. The zero-order valence-electron chi connectivity index (χ0n) is 24.8. The third-order valence-corrected chi connectivity index (χ3v) is 18.0. The molecule has 43 heavy (non-hydrogen) atoms. The summed E-state index contributed by atoms with van der Waals surface area (Å²) in [7, 11) is 0. The van der Waals surface area contributed by atoms with Gasteiger partial charge in [-0.15, -0.1) is 0 Å². The van der Waals surface area contributed by atoms with Gasteiger partial charge < -0.3 is 0 Å². The molecule has 2 fully saturated rings. The third-order valence-electron chi connectivity index (χ3n) is 10.0. The molecule has 0 amide bonds. The van der Waals surface area contributed by atoms with Crippen molar-refractivity contribution in [2.75, 3.05) is 23.7 Å². The van der Waals surface area contributed by atoms with Crippen LogP contribution in [0, 0.1) is 35.1 Å². The van der Waals surface area contributed by atoms with Crippen molar-refractivity contribution in [3.63, 3.8) is 0 Å². The summed E-state index contributed by atoms with van der Waals surface area (Å²) in [6, 6.07) is 5.46. The van der Waals surface area contributed by atoms with E-state index >= 15 is 17.6 Å². The van der Waals surface area contributed by atoms with Gasteiger partial charge in [0.2, 0.25) is 0 Å². The van der Waals surface area contributed by atoms with Gasteiger partial charge in [0.05, 0.1) is 0 Å². The summed E-state index contributed by atoms with van der Waals surface area (Å²) >= 11 is -4.83. The topological polar surface area (TPSA) is 24.1 Å². The number of benzene rings is 2. The molecule has 0 bridgehead atoms. The summed E-state index contributed by atoms with van der Waals surface area (Å²) in [5.74, 6) is -2.04. The van der Waals surface area contributed by atoms with Crippen LogP contribution in [0.4, 0.5) is 28.9 Å². The van der Waals surface area contributed by atoms with E-state index in [1.54, 1.807) is 0 Å². The number of allylic oxidation sites excluding steroid dienone is 8. The molecule has 0 heterocycles. The summed E-state index contributed by atoms with van der Waals surface area (Å²) in [6.07, 6.45) is 23.5. The Morgan fingerprint density at radius 3 is 1.37 bits per heavy atom. The molecule has 2 nitrogen and oxygen atoms in total. The molecule has 4 aliphatic carbocycles. The molecule has 2 aromatic rings. The fourth-order valence-electron chi connectivity index (χ4n) is 7.78. The Morgan fingerprint density at radius 1 is 0.581 bits per heavy atom. The number of hydrogen-bond acceptors (Lipinski definition) is 2. The molecule has 4 aliphatic rings. The SMILES string of the molecule is Fc1ccc(NCC2CCCCC2)c(F)[c]1[Ti]([C]1=CC=CC1)([C]1=CC=CC1)[c]1c(F)ccc(NCC2CCCCC2)c1F. The first-order valence-corrected chi connectivity index (χ1v) is 19.3. The fourth-order valence-corrected chi connectivity index (χ4v) is 16.1. The van der Waals surface area contributed by atoms with Gasteiger partial charge in [-0.25, -0.2) is 0 Å². The van der Waals surface area contributed by atoms with Gasteiger partial charge in [0, 0.05) is 0 Å². The van der Waals surface area contributed by atoms with E-state index in [1.165, 1.54) is 37.1 Å². The van der Waals surface area contributed by atoms with Crippen LogP contribution in [-0.2, 0) is 16.6 Å². The molecule has 7 heteroatoms. The van der Waals surface area contributed by atoms with Crippen molar-refractivity contribution in [1.82, 2.24) is 0 Å². The second kappa shape index (κ2) is 13.6. The van der Waals surface area contributed by atoms with E-state index in [4.69, 9.17) is 0 Å². The van der Waals surface area contributed by atoms with Gasteiger partial charge >= 0.3 is 258 Å². The van der Waals surface area contributed by atoms with Crippen LogP contribution in [0.3, 0.4) is 0 Å². The average molecular weight is 627 g/mol. The molecule has 2 aromatic carbocycles. The van der Waals surface area contributed by atoms with E-state index in [0.29, 0.717) is 37.8 Å². The van der Waals surface area contributed by atoms with Crippen LogP contribution in [0.2, 0.25) is 0 Å². The molecule has 0 radical (unpaired) electrons. The molecule has 0 aliphatic heterocycles. The standard InChI is InChI=1S/2C13H16F2N.2C5H5.Ti/c2*14-11-6-7-13(12(15)8-11)16-9-10-4-2-1-3-5-10;2*1-2-4-5-3-1;/h2*6-7,10,16H,1-5,9H2;2*1-3H,4H2;. The molecule has 228 valence electrons. The molecular formula is C36H42F4N2Ti. The first-order valence-electron chi connectivity index (χ1n) is 16.2. The molecule has 0 spiro atoms. The van der Waals surface area contributed by atoms with Gasteiger partial charge in [-0.05, 0) is 0 Å². The first kappa shape index (κ1) is 30.5. The van der Waals surface area contributed by atoms with E-state index < -0.39 is 39.9 Å². The van der Waals surface area contributed by atoms with Crippen LogP contribution < -0.4 is 18.4 Å². The Balaban J connectivity index is 1.49. The molecule has 2 N–H and O–H groups in total. The second-order valence-corrected chi connectivity index (χ2v) is 18.6. The van der Waals surface area contributed by atoms with Gasteiger partial charge in [0.1, 0.15) is 0 Å². The maximum absolute atomic E-state index is 16.9. The van der Waals surface area contributed by atoms with Crippen molar-refractivity contribution in [3.8, 4) is 0 Å². The van der Waals surface area contributed by atoms with Gasteiger partial charge in [-0.2, -0.15) is 0 Å². The Morgan fingerprint density at radius 2 is 1.00 bits per heavy atom. The van der Waals surface area contributed by atoms with Crippen molar-refractivity contribution >= 4 is 19.1 Å². The van der Waals surface area contributed by atoms with Gasteiger partial charge in [-0.1, -0.05) is 0 Å². The molecule has 0 unspecified atom stereocenters. The van der Waals surface area contributed by atoms with Crippen LogP contribution >= 0.6 is 0 Å². The molecular weight excluding hydrogens is 584 g/mol. The minimum absolute atomic E-state index is 0.138. The van der Waals surface area contributed by atoms with Crippen molar-refractivity contribution < 1.29 is 34.2 Å². The van der Waals surface area contributed by atoms with E-state index in [1.807, 2.05) is 36.5 Å². The fraction of sp³-hybridized carbons (Fsp3) is 0.444. The summed E-state index contributed by atoms with van der Waals surface area (Å²) < 4.78 is 67.6. The van der Waals surface area contributed by atoms with E-state index in [9.17, 15) is 0 Å². The van der Waals surface area contributed by atoms with E-state index in [-0.39, 0.29) is 19.1 Å². The minimum atomic E-state index is -4.83. The van der Waals surface area contributed by atoms with Crippen molar-refractivity contribution in [1.29, 1.82) is 0 Å². The van der Waals surface area contributed by atoms with E-state index in [0.717, 1.165) is 59.1 Å². The van der Waals surface area contributed by atoms with Crippen LogP contribution in [0.25, 0.3) is 0 Å². The Hall–Kier alpha value is -2.57. The van der Waals surface area contributed by atoms with Gasteiger partial charge in [0.15, 0.2) is 0 Å². The Bertz CT molecular complexity index is 1340. The number of anilines is 2. The third kappa shape index (κ3) is 6.07. The summed E-state index contributed by atoms with van der Waals surface area (Å²) in [5.41, 5.74) is 0.421. The van der Waals surface area contributed by atoms with Gasteiger partial charge in [-0.3, -0.25) is 0 Å². The molecule has 0 aromatic heterocycles. The Labute approximate surface area is 256 Å². The van der Waals surface area contributed by atoms with Crippen molar-refractivity contribution in [2.24, 2.45) is 11.8 Å². The van der Waals surface area contributed by atoms with Crippen LogP contribution in [0.1, 0.15) is 77.0 Å². The van der Waals surface area contributed by atoms with Crippen LogP contribution in [0.5, 0.6) is 0 Å². The molecule has 0 atom stereocenters. The van der Waals surface area contributed by atoms with E-state index in [2.05, 4.69) is 10.6 Å². The number of hydrogen-bond donors (Lipinski definition) is 2. The van der Waals surface area contributed by atoms with Crippen molar-refractivity contribution in [2.45, 2.75) is 77.0 Å². The quantitative estimate of drug-likeness (QED) is 0.203. The predicted molar refractivity (Wildman–Crippen MR) is 166 cm³/mol. The summed E-state index contributed by atoms with van der Waals surface area (Å²) in [6.45, 7) is 1.19. The molecule has 0 saturated heterocycles. The Kier molecular flexibility index (Phi) is 9.64. The molecule has 6 rings (SSSR count). The average Bonchev–Trinajstić information content (AvgIpc) is 3.77. The number of rotatable bonds is 10. The monoisotopic (exact) mass is 626 g/mol. The normalized spacial score (nSPS) is 19.5. The number of halogens is 4. The zero-order valence-corrected chi connectivity index (χ0v) is 26.4. The predicted octanol–water partition coefficient (Wildman–Crippen LogP) is 9.02. The molecule has 2 saturated carbocycles. The van der Waals surface area contributed by atoms with Crippen LogP contribution in [0.15, 0.2) is 68.5 Å². The van der Waals surface area contributed by atoms with Crippen LogP contribution in [-0.4, -0.2) is 13.1 Å². The summed E-state index contributed by atoms with van der Waals surface area (Å²) in [4.78, 5) is 0.